The van der Waals surface area contributed by atoms with Crippen molar-refractivity contribution in [3.63, 3.8) is 0 Å². The summed E-state index contributed by atoms with van der Waals surface area (Å²) >= 11 is 0. The van der Waals surface area contributed by atoms with E-state index >= 15 is 0 Å². The molecule has 2 aliphatic carbocycles. The molecule has 0 radical (unpaired) electrons. The molecule has 0 amide bonds. The topological polar surface area (TPSA) is 205 Å². The number of rotatable bonds is 3. The summed E-state index contributed by atoms with van der Waals surface area (Å²) in [4.78, 5) is 0. The molecule has 4 N–H and O–H groups in total. The molecule has 4 unspecified atom stereocenters. The van der Waals surface area contributed by atoms with E-state index in [9.17, 15) is 62.2 Å². The van der Waals surface area contributed by atoms with E-state index in [1.807, 2.05) is 30.3 Å². The number of epoxide rings is 1. The minimum absolute atomic E-state index is 0. The molecule has 0 aromatic heterocycles. The Kier molecular flexibility index (Phi) is 20.2. The molecule has 0 spiro atoms. The number of ether oxygens (including phenoxy) is 2. The van der Waals surface area contributed by atoms with E-state index in [0.29, 0.717) is 19.3 Å². The van der Waals surface area contributed by atoms with Crippen molar-refractivity contribution in [3.05, 3.63) is 35.9 Å². The number of fused-ring (bicyclic) bond motifs is 1. The maximum atomic E-state index is 13.2. The fraction of sp³-hybridized carbons (Fsp3) is 0.727. The molecule has 51 heavy (non-hydrogen) atoms. The van der Waals surface area contributed by atoms with Crippen LogP contribution in [0.5, 0.6) is 0 Å². The molecule has 1 heterocycles. The van der Waals surface area contributed by atoms with Crippen molar-refractivity contribution in [3.8, 4) is 0 Å². The Balaban J connectivity index is 0. The summed E-state index contributed by atoms with van der Waals surface area (Å²) in [5.41, 5.74) is -15.7. The number of aliphatic hydroxyl groups excluding tert-OH is 1. The predicted octanol–water partition coefficient (Wildman–Crippen LogP) is 5.51. The Morgan fingerprint density at radius 2 is 1.04 bits per heavy atom. The molecule has 308 valence electrons. The summed E-state index contributed by atoms with van der Waals surface area (Å²) in [7, 11) is -17.5. The van der Waals surface area contributed by atoms with Gasteiger partial charge in [0.15, 0.2) is 0 Å². The molecule has 12 nitrogen and oxygen atoms in total. The van der Waals surface area contributed by atoms with Crippen LogP contribution < -0.4 is 0 Å². The molecule has 2 saturated carbocycles. The molecule has 1 aromatic carbocycles. The average Bonchev–Trinajstić information content (AvgIpc) is 3.70. The van der Waals surface area contributed by atoms with Crippen LogP contribution >= 0.6 is 0 Å². The molecule has 3 fully saturated rings. The van der Waals surface area contributed by atoms with Crippen molar-refractivity contribution < 1.29 is 148 Å². The van der Waals surface area contributed by atoms with E-state index in [-0.39, 0.29) is 62.9 Å². The molecular formula is C22H27ErF13O12S3. The van der Waals surface area contributed by atoms with Crippen LogP contribution in [0.3, 0.4) is 0 Å². The Hall–Kier alpha value is -0.833. The molecule has 29 heteroatoms. The summed E-state index contributed by atoms with van der Waals surface area (Å²) in [5.74, 6) is -5.53. The first-order valence-corrected chi connectivity index (χ1v) is 17.2. The zero-order chi connectivity index (χ0) is 39.8. The van der Waals surface area contributed by atoms with E-state index in [2.05, 4.69) is 0 Å². The maximum Gasteiger partial charge on any atom is 0.522 e. The molecule has 0 bridgehead atoms. The average molecular weight is 994 g/mol. The van der Waals surface area contributed by atoms with Gasteiger partial charge in [-0.15, -0.1) is 0 Å². The largest absolute Gasteiger partial charge is 0.522 e. The first-order valence-electron chi connectivity index (χ1n) is 12.9. The van der Waals surface area contributed by atoms with Crippen molar-refractivity contribution in [1.82, 2.24) is 0 Å². The van der Waals surface area contributed by atoms with Crippen molar-refractivity contribution in [1.29, 1.82) is 0 Å². The van der Waals surface area contributed by atoms with Gasteiger partial charge >= 0.3 is 46.9 Å². The number of hydrogen-bond donors (Lipinski definition) is 4. The van der Waals surface area contributed by atoms with Crippen LogP contribution in [0.1, 0.15) is 44.1 Å². The van der Waals surface area contributed by atoms with Gasteiger partial charge in [-0.1, -0.05) is 30.3 Å². The zero-order valence-electron chi connectivity index (χ0n) is 24.6. The summed E-state index contributed by atoms with van der Waals surface area (Å²) in [6, 6.07) is 9.35. The van der Waals surface area contributed by atoms with E-state index in [1.54, 1.807) is 0 Å². The van der Waals surface area contributed by atoms with Gasteiger partial charge in [-0.2, -0.15) is 64.8 Å². The van der Waals surface area contributed by atoms with Crippen LogP contribution in [0.25, 0.3) is 0 Å². The third kappa shape index (κ3) is 19.4. The summed E-state index contributed by atoms with van der Waals surface area (Å²) < 4.78 is 234. The van der Waals surface area contributed by atoms with Gasteiger partial charge in [0, 0.05) is 50.1 Å². The van der Waals surface area contributed by atoms with Crippen LogP contribution in [0, 0.1) is 37.3 Å². The third-order valence-electron chi connectivity index (χ3n) is 5.97. The van der Waals surface area contributed by atoms with E-state index < -0.39 is 77.0 Å². The smallest absolute Gasteiger partial charge is 0.384 e. The van der Waals surface area contributed by atoms with E-state index in [0.717, 1.165) is 12.0 Å². The van der Waals surface area contributed by atoms with E-state index in [4.69, 9.17) is 48.4 Å². The predicted molar refractivity (Wildman–Crippen MR) is 140 cm³/mol. The molecular weight excluding hydrogens is 967 g/mol. The van der Waals surface area contributed by atoms with Gasteiger partial charge in [0.2, 0.25) is 0 Å². The normalized spacial score (nSPS) is 24.0. The zero-order valence-corrected chi connectivity index (χ0v) is 28.9. The van der Waals surface area contributed by atoms with Crippen molar-refractivity contribution in [2.24, 2.45) is 0 Å². The van der Waals surface area contributed by atoms with Gasteiger partial charge in [0.25, 0.3) is 11.8 Å². The Labute approximate surface area is 310 Å². The second-order valence-electron chi connectivity index (χ2n) is 9.94. The van der Waals surface area contributed by atoms with Crippen LogP contribution in [-0.2, 0) is 46.4 Å². The van der Waals surface area contributed by atoms with Gasteiger partial charge in [-0.05, 0) is 31.2 Å². The van der Waals surface area contributed by atoms with Gasteiger partial charge in [0.05, 0.1) is 18.8 Å². The number of halogens is 13. The first kappa shape index (κ1) is 52.3. The Morgan fingerprint density at radius 3 is 1.37 bits per heavy atom. The monoisotopic (exact) mass is 992 g/mol. The summed E-state index contributed by atoms with van der Waals surface area (Å²) in [5, 5.41) is 9.50. The molecule has 1 aliphatic heterocycles. The van der Waals surface area contributed by atoms with Gasteiger partial charge in [-0.25, -0.2) is 17.6 Å². The summed E-state index contributed by atoms with van der Waals surface area (Å²) in [6.45, 7) is 0.263. The van der Waals surface area contributed by atoms with Crippen LogP contribution in [0.2, 0.25) is 0 Å². The number of alkyl halides is 13. The molecule has 1 saturated heterocycles. The van der Waals surface area contributed by atoms with Crippen molar-refractivity contribution in [2.75, 3.05) is 0 Å². The van der Waals surface area contributed by atoms with Gasteiger partial charge in [-0.3, -0.25) is 13.7 Å². The fourth-order valence-corrected chi connectivity index (χ4v) is 3.48. The number of hydrogen-bond acceptors (Lipinski definition) is 9. The van der Waals surface area contributed by atoms with Crippen molar-refractivity contribution in [2.45, 2.75) is 97.9 Å². The standard InChI is InChI=1S/C13H16F2O2.C6H8F2O.3CHF3O3S.Er/c14-13(15)8-4-7-11(12(13)16)17-9-10-5-2-1-3-6-10;7-6(8)3-1-2-4-5(6)9-4;3*2-1(3,4)8(5,6)7;/h1-3,5-6,11-12,16H,4,7-9H2;4-5H,1-3H2;3*(H,5,6,7);. The maximum absolute atomic E-state index is 13.2. The number of benzene rings is 1. The second kappa shape index (κ2) is 19.7. The van der Waals surface area contributed by atoms with Gasteiger partial charge in [0.1, 0.15) is 12.2 Å². The SMILES string of the molecule is FC1(F)CCCC2OC21.O=S(=O)(O)C(F)(F)F.O=S(=O)(O)C(F)(F)F.O=S(=O)(O)C(F)(F)F.OC1C(OCc2ccccc2)CCCC1(F)F.[Er]. The van der Waals surface area contributed by atoms with Crippen LogP contribution in [0.4, 0.5) is 57.1 Å². The van der Waals surface area contributed by atoms with E-state index in [1.165, 1.54) is 0 Å². The molecule has 1 aromatic rings. The van der Waals surface area contributed by atoms with Gasteiger partial charge < -0.3 is 14.6 Å². The Morgan fingerprint density at radius 1 is 0.686 bits per heavy atom. The number of aliphatic hydroxyl groups is 1. The fourth-order valence-electron chi connectivity index (χ4n) is 3.48. The Bertz CT molecular complexity index is 1420. The quantitative estimate of drug-likeness (QED) is 0.128. The third-order valence-corrected chi connectivity index (χ3v) is 7.72. The first-order chi connectivity index (χ1) is 22.0. The molecule has 4 atom stereocenters. The minimum atomic E-state index is -5.84. The summed E-state index contributed by atoms with van der Waals surface area (Å²) in [6.07, 6.45) is -1.16. The van der Waals surface area contributed by atoms with Crippen LogP contribution in [-0.4, -0.2) is 96.8 Å². The molecule has 3 aliphatic rings. The van der Waals surface area contributed by atoms with Crippen LogP contribution in [0.15, 0.2) is 30.3 Å². The second-order valence-corrected chi connectivity index (χ2v) is 14.2. The van der Waals surface area contributed by atoms with Crippen molar-refractivity contribution >= 4 is 30.4 Å². The minimum Gasteiger partial charge on any atom is -0.384 e. The molecule has 4 rings (SSSR count).